The number of anilines is 1. The van der Waals surface area contributed by atoms with E-state index >= 15 is 0 Å². The Labute approximate surface area is 161 Å². The van der Waals surface area contributed by atoms with Crippen molar-refractivity contribution < 1.29 is 13.2 Å². The van der Waals surface area contributed by atoms with Gasteiger partial charge < -0.3 is 5.32 Å². The molecule has 0 aliphatic carbocycles. The van der Waals surface area contributed by atoms with Gasteiger partial charge in [0.1, 0.15) is 0 Å². The average molecular weight is 398 g/mol. The number of carbonyl (C=O) groups is 1. The van der Waals surface area contributed by atoms with Crippen molar-refractivity contribution in [1.82, 2.24) is 14.5 Å². The summed E-state index contributed by atoms with van der Waals surface area (Å²) in [6.07, 6.45) is 4.28. The molecule has 0 saturated heterocycles. The fourth-order valence-electron chi connectivity index (χ4n) is 2.53. The maximum absolute atomic E-state index is 12.5. The number of nitrogens with zero attached hydrogens (tertiary/aromatic N) is 3. The lowest BCUT2D eigenvalue weighted by molar-refractivity contribution is 0.101. The summed E-state index contributed by atoms with van der Waals surface area (Å²) in [5.74, 6) is -0.0963. The van der Waals surface area contributed by atoms with E-state index in [-0.39, 0.29) is 34.3 Å². The second-order valence-corrected chi connectivity index (χ2v) is 8.19. The Kier molecular flexibility index (Phi) is 5.36. The lowest BCUT2D eigenvalue weighted by Crippen LogP contribution is -2.24. The highest BCUT2D eigenvalue weighted by atomic mass is 32.2. The predicted molar refractivity (Wildman–Crippen MR) is 105 cm³/mol. The van der Waals surface area contributed by atoms with Gasteiger partial charge in [0.15, 0.2) is 15.6 Å². The summed E-state index contributed by atoms with van der Waals surface area (Å²) in [5, 5.41) is 2.86. The molecule has 3 aromatic rings. The number of aromatic nitrogens is 3. The van der Waals surface area contributed by atoms with Crippen LogP contribution in [0.3, 0.4) is 0 Å². The van der Waals surface area contributed by atoms with Gasteiger partial charge in [-0.1, -0.05) is 12.1 Å². The van der Waals surface area contributed by atoms with E-state index in [4.69, 9.17) is 0 Å². The largest absolute Gasteiger partial charge is 0.348 e. The van der Waals surface area contributed by atoms with Gasteiger partial charge in [-0.05, 0) is 24.3 Å². The maximum atomic E-state index is 12.5. The van der Waals surface area contributed by atoms with Crippen molar-refractivity contribution in [2.45, 2.75) is 4.90 Å². The molecule has 0 saturated carbocycles. The number of carbonyl (C=O) groups excluding carboxylic acids is 1. The van der Waals surface area contributed by atoms with Crippen LogP contribution in [0, 0.1) is 0 Å². The Bertz CT molecular complexity index is 1190. The molecule has 0 radical (unpaired) electrons. The quantitative estimate of drug-likeness (QED) is 0.627. The number of rotatable bonds is 6. The zero-order valence-corrected chi connectivity index (χ0v) is 16.1. The number of benzene rings is 1. The molecule has 0 fully saturated rings. The minimum absolute atomic E-state index is 0.0727. The second kappa shape index (κ2) is 7.73. The lowest BCUT2D eigenvalue weighted by atomic mass is 10.1. The van der Waals surface area contributed by atoms with E-state index in [9.17, 15) is 18.0 Å². The summed E-state index contributed by atoms with van der Waals surface area (Å²) in [7, 11) is -1.87. The van der Waals surface area contributed by atoms with E-state index in [0.717, 1.165) is 11.8 Å². The number of hydrogen-bond acceptors (Lipinski definition) is 7. The lowest BCUT2D eigenvalue weighted by Gasteiger charge is -2.11. The molecule has 28 heavy (non-hydrogen) atoms. The number of pyridine rings is 1. The molecular formula is C19H18N4O4S. The predicted octanol–water partition coefficient (Wildman–Crippen LogP) is 1.54. The molecule has 2 heterocycles. The molecule has 9 heteroatoms. The van der Waals surface area contributed by atoms with Crippen molar-refractivity contribution in [3.63, 3.8) is 0 Å². The van der Waals surface area contributed by atoms with Crippen molar-refractivity contribution in [3.05, 3.63) is 70.8 Å². The third kappa shape index (κ3) is 4.32. The molecule has 0 aliphatic heterocycles. The molecule has 0 atom stereocenters. The molecule has 8 nitrogen and oxygen atoms in total. The molecule has 0 bridgehead atoms. The Balaban J connectivity index is 1.84. The highest BCUT2D eigenvalue weighted by Gasteiger charge is 2.13. The number of hydrogen-bond donors (Lipinski definition) is 1. The van der Waals surface area contributed by atoms with Crippen LogP contribution < -0.4 is 10.9 Å². The number of ketones is 1. The third-order valence-electron chi connectivity index (χ3n) is 4.10. The van der Waals surface area contributed by atoms with Crippen molar-refractivity contribution in [1.29, 1.82) is 0 Å². The van der Waals surface area contributed by atoms with Gasteiger partial charge >= 0.3 is 0 Å². The fraction of sp³-hybridized carbons (Fsp3) is 0.158. The summed E-state index contributed by atoms with van der Waals surface area (Å²) < 4.78 is 24.6. The third-order valence-corrected chi connectivity index (χ3v) is 5.21. The molecule has 0 aliphatic rings. The minimum atomic E-state index is -3.41. The van der Waals surface area contributed by atoms with E-state index in [1.807, 2.05) is 0 Å². The molecule has 0 amide bonds. The first-order chi connectivity index (χ1) is 13.3. The minimum Gasteiger partial charge on any atom is -0.348 e. The van der Waals surface area contributed by atoms with Crippen molar-refractivity contribution in [2.24, 2.45) is 7.05 Å². The zero-order valence-electron chi connectivity index (χ0n) is 15.3. The normalized spacial score (nSPS) is 11.2. The Hall–Kier alpha value is -3.33. The first-order valence-electron chi connectivity index (χ1n) is 8.31. The summed E-state index contributed by atoms with van der Waals surface area (Å²) in [6, 6.07) is 10.7. The molecule has 1 aromatic carbocycles. The number of nitrogens with one attached hydrogen (secondary N) is 1. The topological polar surface area (TPSA) is 111 Å². The van der Waals surface area contributed by atoms with Crippen molar-refractivity contribution >= 4 is 21.6 Å². The van der Waals surface area contributed by atoms with E-state index in [1.165, 1.54) is 28.8 Å². The van der Waals surface area contributed by atoms with E-state index in [2.05, 4.69) is 15.3 Å². The Morgan fingerprint density at radius 2 is 1.86 bits per heavy atom. The van der Waals surface area contributed by atoms with Crippen LogP contribution in [0.2, 0.25) is 0 Å². The monoisotopic (exact) mass is 398 g/mol. The smallest absolute Gasteiger partial charge is 0.255 e. The standard InChI is InChI=1S/C19H18N4O4S/c1-23-18(25)11-16(13-6-8-20-9-7-13)22-19(23)21-12-17(24)14-4-3-5-15(10-14)28(2,26)27/h3-11H,12H2,1-2H3,(H,21,22). The van der Waals surface area contributed by atoms with Gasteiger partial charge in [-0.25, -0.2) is 13.4 Å². The number of Topliss-reactive ketones (excluding diaryl/α,β-unsaturated/α-hetero) is 1. The Morgan fingerprint density at radius 1 is 1.14 bits per heavy atom. The van der Waals surface area contributed by atoms with Gasteiger partial charge in [0.2, 0.25) is 5.95 Å². The van der Waals surface area contributed by atoms with Gasteiger partial charge in [-0.2, -0.15) is 0 Å². The highest BCUT2D eigenvalue weighted by Crippen LogP contribution is 2.16. The van der Waals surface area contributed by atoms with Crippen molar-refractivity contribution in [2.75, 3.05) is 18.1 Å². The molecule has 1 N–H and O–H groups in total. The number of sulfone groups is 1. The van der Waals surface area contributed by atoms with Crippen LogP contribution in [-0.4, -0.2) is 41.5 Å². The molecular weight excluding hydrogens is 380 g/mol. The van der Waals surface area contributed by atoms with Crippen LogP contribution in [0.4, 0.5) is 5.95 Å². The zero-order chi connectivity index (χ0) is 20.3. The van der Waals surface area contributed by atoms with Crippen LogP contribution >= 0.6 is 0 Å². The summed E-state index contributed by atoms with van der Waals surface area (Å²) >= 11 is 0. The van der Waals surface area contributed by atoms with Crippen molar-refractivity contribution in [3.8, 4) is 11.3 Å². The fourth-order valence-corrected chi connectivity index (χ4v) is 3.20. The van der Waals surface area contributed by atoms with Crippen LogP contribution in [0.5, 0.6) is 0 Å². The van der Waals surface area contributed by atoms with Gasteiger partial charge in [0.25, 0.3) is 5.56 Å². The molecule has 0 spiro atoms. The molecule has 2 aromatic heterocycles. The summed E-state index contributed by atoms with van der Waals surface area (Å²) in [4.78, 5) is 33.1. The van der Waals surface area contributed by atoms with Crippen LogP contribution in [-0.2, 0) is 16.9 Å². The SMILES string of the molecule is Cn1c(NCC(=O)c2cccc(S(C)(=O)=O)c2)nc(-c2ccncc2)cc1=O. The maximum Gasteiger partial charge on any atom is 0.255 e. The molecule has 0 unspecified atom stereocenters. The van der Waals surface area contributed by atoms with Gasteiger partial charge in [0.05, 0.1) is 17.1 Å². The van der Waals surface area contributed by atoms with Gasteiger partial charge in [-0.15, -0.1) is 0 Å². The van der Waals surface area contributed by atoms with Gasteiger partial charge in [0, 0.05) is 42.9 Å². The Morgan fingerprint density at radius 3 is 2.54 bits per heavy atom. The summed E-state index contributed by atoms with van der Waals surface area (Å²) in [5.41, 5.74) is 1.16. The summed E-state index contributed by atoms with van der Waals surface area (Å²) in [6.45, 7) is -0.146. The molecule has 144 valence electrons. The van der Waals surface area contributed by atoms with Crippen LogP contribution in [0.1, 0.15) is 10.4 Å². The van der Waals surface area contributed by atoms with Gasteiger partial charge in [-0.3, -0.25) is 19.1 Å². The van der Waals surface area contributed by atoms with E-state index in [0.29, 0.717) is 5.69 Å². The van der Waals surface area contributed by atoms with E-state index < -0.39 is 9.84 Å². The van der Waals surface area contributed by atoms with E-state index in [1.54, 1.807) is 37.6 Å². The first kappa shape index (κ1) is 19.4. The average Bonchev–Trinajstić information content (AvgIpc) is 2.69. The van der Waals surface area contributed by atoms with Crippen LogP contribution in [0.25, 0.3) is 11.3 Å². The second-order valence-electron chi connectivity index (χ2n) is 6.17. The van der Waals surface area contributed by atoms with Crippen LogP contribution in [0.15, 0.2) is 64.5 Å². The molecule has 3 rings (SSSR count). The first-order valence-corrected chi connectivity index (χ1v) is 10.2. The highest BCUT2D eigenvalue weighted by molar-refractivity contribution is 7.90.